The van der Waals surface area contributed by atoms with E-state index < -0.39 is 0 Å². The molecule has 15 heavy (non-hydrogen) atoms. The summed E-state index contributed by atoms with van der Waals surface area (Å²) in [6.07, 6.45) is 0.711. The molecule has 0 fully saturated rings. The van der Waals surface area contributed by atoms with Crippen LogP contribution in [0.5, 0.6) is 0 Å². The number of H-pyrrole nitrogens is 1. The first-order chi connectivity index (χ1) is 7.31. The van der Waals surface area contributed by atoms with E-state index in [2.05, 4.69) is 22.0 Å². The molecule has 1 aromatic heterocycles. The van der Waals surface area contributed by atoms with Crippen molar-refractivity contribution in [3.8, 4) is 11.8 Å². The van der Waals surface area contributed by atoms with E-state index >= 15 is 0 Å². The maximum Gasteiger partial charge on any atom is 0.153 e. The van der Waals surface area contributed by atoms with E-state index in [1.165, 1.54) is 0 Å². The van der Waals surface area contributed by atoms with Gasteiger partial charge in [0.25, 0.3) is 0 Å². The second-order valence-electron chi connectivity index (χ2n) is 3.21. The van der Waals surface area contributed by atoms with Crippen molar-refractivity contribution in [1.82, 2.24) is 10.2 Å². The number of nitrogens with zero attached hydrogens (tertiary/aromatic N) is 1. The summed E-state index contributed by atoms with van der Waals surface area (Å²) >= 11 is 0. The molecule has 4 nitrogen and oxygen atoms in total. The second-order valence-corrected chi connectivity index (χ2v) is 3.21. The Hall–Kier alpha value is -1.99. The molecule has 0 unspecified atom stereocenters. The molecule has 0 aliphatic rings. The zero-order valence-electron chi connectivity index (χ0n) is 8.25. The second kappa shape index (κ2) is 4.03. The predicted octanol–water partition coefficient (Wildman–Crippen LogP) is 0.845. The molecule has 2 rings (SSSR count). The Morgan fingerprint density at radius 2 is 2.27 bits per heavy atom. The number of nitrogens with two attached hydrogens (primary N) is 2. The molecular weight excluding hydrogens is 188 g/mol. The molecule has 0 spiro atoms. The van der Waals surface area contributed by atoms with Crippen LogP contribution in [0.3, 0.4) is 0 Å². The minimum Gasteiger partial charge on any atom is -0.382 e. The number of nitrogen functional groups attached to an aromatic ring is 1. The van der Waals surface area contributed by atoms with Gasteiger partial charge in [0.15, 0.2) is 5.82 Å². The van der Waals surface area contributed by atoms with Crippen LogP contribution >= 0.6 is 0 Å². The molecule has 0 aliphatic carbocycles. The lowest BCUT2D eigenvalue weighted by Gasteiger charge is -1.91. The van der Waals surface area contributed by atoms with Gasteiger partial charge in [-0.25, -0.2) is 0 Å². The summed E-state index contributed by atoms with van der Waals surface area (Å²) in [5.74, 6) is 6.53. The van der Waals surface area contributed by atoms with Crippen LogP contribution in [0.1, 0.15) is 12.0 Å². The average molecular weight is 200 g/mol. The van der Waals surface area contributed by atoms with Gasteiger partial charge >= 0.3 is 0 Å². The van der Waals surface area contributed by atoms with Crippen molar-refractivity contribution in [3.05, 3.63) is 23.8 Å². The van der Waals surface area contributed by atoms with Crippen LogP contribution in [0.15, 0.2) is 18.2 Å². The van der Waals surface area contributed by atoms with Crippen LogP contribution in [0.4, 0.5) is 5.82 Å². The molecular formula is C11H12N4. The first-order valence-corrected chi connectivity index (χ1v) is 4.74. The lowest BCUT2D eigenvalue weighted by atomic mass is 10.1. The molecule has 1 heterocycles. The van der Waals surface area contributed by atoms with Gasteiger partial charge in [0.2, 0.25) is 0 Å². The van der Waals surface area contributed by atoms with E-state index in [1.807, 2.05) is 18.2 Å². The average Bonchev–Trinajstić information content (AvgIpc) is 2.61. The fraction of sp³-hybridized carbons (Fsp3) is 0.182. The fourth-order valence-corrected chi connectivity index (χ4v) is 1.36. The van der Waals surface area contributed by atoms with Crippen LogP contribution in [-0.4, -0.2) is 16.7 Å². The molecule has 2 aromatic rings. The lowest BCUT2D eigenvalue weighted by molar-refractivity contribution is 1.03. The third-order valence-electron chi connectivity index (χ3n) is 2.09. The fourth-order valence-electron chi connectivity index (χ4n) is 1.36. The molecule has 1 aromatic carbocycles. The molecule has 76 valence electrons. The van der Waals surface area contributed by atoms with Crippen molar-refractivity contribution >= 4 is 16.7 Å². The highest BCUT2D eigenvalue weighted by Crippen LogP contribution is 2.18. The van der Waals surface area contributed by atoms with Crippen molar-refractivity contribution < 1.29 is 0 Å². The van der Waals surface area contributed by atoms with Crippen LogP contribution in [0.25, 0.3) is 10.9 Å². The van der Waals surface area contributed by atoms with Crippen LogP contribution in [0.2, 0.25) is 0 Å². The van der Waals surface area contributed by atoms with E-state index in [9.17, 15) is 0 Å². The third-order valence-corrected chi connectivity index (χ3v) is 2.09. The number of aromatic nitrogens is 2. The summed E-state index contributed by atoms with van der Waals surface area (Å²) in [4.78, 5) is 0. The summed E-state index contributed by atoms with van der Waals surface area (Å²) in [5, 5.41) is 7.70. The van der Waals surface area contributed by atoms with Gasteiger partial charge in [0.05, 0.1) is 5.52 Å². The minimum atomic E-state index is 0.520. The van der Waals surface area contributed by atoms with E-state index in [1.54, 1.807) is 0 Å². The number of anilines is 1. The van der Waals surface area contributed by atoms with Crippen molar-refractivity contribution in [2.24, 2.45) is 5.73 Å². The molecule has 0 bridgehead atoms. The van der Waals surface area contributed by atoms with Crippen LogP contribution in [0, 0.1) is 11.8 Å². The number of nitrogens with one attached hydrogen (secondary N) is 1. The van der Waals surface area contributed by atoms with Crippen molar-refractivity contribution in [1.29, 1.82) is 0 Å². The van der Waals surface area contributed by atoms with Gasteiger partial charge in [-0.15, -0.1) is 0 Å². The van der Waals surface area contributed by atoms with Gasteiger partial charge < -0.3 is 11.5 Å². The summed E-state index contributed by atoms with van der Waals surface area (Å²) in [5.41, 5.74) is 12.9. The first-order valence-electron chi connectivity index (χ1n) is 4.74. The number of benzene rings is 1. The molecule has 0 amide bonds. The van der Waals surface area contributed by atoms with E-state index in [0.717, 1.165) is 16.5 Å². The predicted molar refractivity (Wildman–Crippen MR) is 61.1 cm³/mol. The van der Waals surface area contributed by atoms with Crippen molar-refractivity contribution in [2.45, 2.75) is 6.42 Å². The Bertz CT molecular complexity index is 530. The van der Waals surface area contributed by atoms with E-state index in [4.69, 9.17) is 11.5 Å². The molecule has 5 N–H and O–H groups in total. The van der Waals surface area contributed by atoms with E-state index in [0.29, 0.717) is 18.8 Å². The number of aromatic amines is 1. The molecule has 4 heteroatoms. The molecule has 0 saturated carbocycles. The highest BCUT2D eigenvalue weighted by atomic mass is 15.1. The number of fused-ring (bicyclic) bond motifs is 1. The Labute approximate surface area is 87.6 Å². The zero-order valence-corrected chi connectivity index (χ0v) is 8.25. The smallest absolute Gasteiger partial charge is 0.153 e. The van der Waals surface area contributed by atoms with Gasteiger partial charge in [0.1, 0.15) is 0 Å². The molecule has 0 atom stereocenters. The standard InChI is InChI=1S/C11H12N4/c12-6-2-1-3-8-4-5-9-10(7-8)14-15-11(9)13/h4-5,7H,2,6,12H2,(H3,13,14,15). The normalized spacial score (nSPS) is 9.93. The van der Waals surface area contributed by atoms with Gasteiger partial charge in [-0.05, 0) is 18.2 Å². The topological polar surface area (TPSA) is 80.7 Å². The maximum absolute atomic E-state index is 5.65. The van der Waals surface area contributed by atoms with Crippen molar-refractivity contribution in [3.63, 3.8) is 0 Å². The van der Waals surface area contributed by atoms with Gasteiger partial charge in [-0.1, -0.05) is 11.8 Å². The summed E-state index contributed by atoms with van der Waals surface area (Å²) in [7, 11) is 0. The monoisotopic (exact) mass is 200 g/mol. The zero-order chi connectivity index (χ0) is 10.7. The SMILES string of the molecule is NCCC#Cc1ccc2c(N)n[nH]c2c1. The third kappa shape index (κ3) is 1.92. The molecule has 0 aliphatic heterocycles. The number of rotatable bonds is 1. The number of hydrogen-bond acceptors (Lipinski definition) is 3. The van der Waals surface area contributed by atoms with Gasteiger partial charge in [-0.3, -0.25) is 5.10 Å². The Morgan fingerprint density at radius 1 is 1.40 bits per heavy atom. The summed E-state index contributed by atoms with van der Waals surface area (Å²) < 4.78 is 0. The Balaban J connectivity index is 2.36. The Morgan fingerprint density at radius 3 is 3.07 bits per heavy atom. The number of hydrogen-bond donors (Lipinski definition) is 3. The quantitative estimate of drug-likeness (QED) is 0.597. The van der Waals surface area contributed by atoms with Gasteiger partial charge in [0, 0.05) is 23.9 Å². The van der Waals surface area contributed by atoms with E-state index in [-0.39, 0.29) is 0 Å². The highest BCUT2D eigenvalue weighted by molar-refractivity contribution is 5.89. The maximum atomic E-state index is 5.65. The Kier molecular flexibility index (Phi) is 2.57. The van der Waals surface area contributed by atoms with Gasteiger partial charge in [-0.2, -0.15) is 5.10 Å². The summed E-state index contributed by atoms with van der Waals surface area (Å²) in [6.45, 7) is 0.590. The molecule has 0 saturated heterocycles. The molecule has 0 radical (unpaired) electrons. The minimum absolute atomic E-state index is 0.520. The first kappa shape index (κ1) is 9.56. The largest absolute Gasteiger partial charge is 0.382 e. The highest BCUT2D eigenvalue weighted by Gasteiger charge is 2.00. The van der Waals surface area contributed by atoms with Crippen molar-refractivity contribution in [2.75, 3.05) is 12.3 Å². The lowest BCUT2D eigenvalue weighted by Crippen LogP contribution is -1.95. The summed E-state index contributed by atoms with van der Waals surface area (Å²) in [6, 6.07) is 5.78. The van der Waals surface area contributed by atoms with Crippen LogP contribution in [-0.2, 0) is 0 Å². The van der Waals surface area contributed by atoms with Crippen LogP contribution < -0.4 is 11.5 Å².